The lowest BCUT2D eigenvalue weighted by molar-refractivity contribution is 0.293. The molecule has 0 unspecified atom stereocenters. The first kappa shape index (κ1) is 20.6. The second kappa shape index (κ2) is 10.4. The van der Waals surface area contributed by atoms with Crippen molar-refractivity contribution in [2.75, 3.05) is 20.3 Å². The number of nitrogens with two attached hydrogens (primary N) is 1. The first-order valence-corrected chi connectivity index (χ1v) is 9.64. The third-order valence-electron chi connectivity index (χ3n) is 4.66. The van der Waals surface area contributed by atoms with Gasteiger partial charge in [0, 0.05) is 31.4 Å². The van der Waals surface area contributed by atoms with Crippen LogP contribution in [-0.2, 0) is 13.1 Å². The van der Waals surface area contributed by atoms with Gasteiger partial charge in [-0.1, -0.05) is 54.6 Å². The van der Waals surface area contributed by atoms with Crippen LogP contribution >= 0.6 is 0 Å². The maximum atomic E-state index is 7.61. The zero-order chi connectivity index (χ0) is 20.5. The molecule has 5 nitrogen and oxygen atoms in total. The van der Waals surface area contributed by atoms with Gasteiger partial charge in [0.25, 0.3) is 0 Å². The van der Waals surface area contributed by atoms with Gasteiger partial charge in [-0.15, -0.1) is 0 Å². The number of methoxy groups -OCH3 is 1. The maximum Gasteiger partial charge on any atom is 0.169 e. The molecule has 0 saturated carbocycles. The van der Waals surface area contributed by atoms with Crippen molar-refractivity contribution in [2.24, 2.45) is 5.73 Å². The average molecular weight is 389 g/mol. The van der Waals surface area contributed by atoms with Gasteiger partial charge < -0.3 is 25.9 Å². The van der Waals surface area contributed by atoms with Crippen molar-refractivity contribution >= 4 is 6.21 Å². The SMILES string of the molecule is COc1cc(C=N)cc(-c2ccccc2)c1OCCNCc1ccc(CN)cc1. The molecule has 5 heteroatoms. The van der Waals surface area contributed by atoms with Crippen molar-refractivity contribution in [1.29, 1.82) is 5.41 Å². The van der Waals surface area contributed by atoms with Gasteiger partial charge in [-0.3, -0.25) is 0 Å². The van der Waals surface area contributed by atoms with Crippen LogP contribution in [0.3, 0.4) is 0 Å². The van der Waals surface area contributed by atoms with Crippen LogP contribution in [0.15, 0.2) is 66.7 Å². The molecule has 0 radical (unpaired) electrons. The van der Waals surface area contributed by atoms with Crippen molar-refractivity contribution in [2.45, 2.75) is 13.1 Å². The highest BCUT2D eigenvalue weighted by Gasteiger charge is 2.14. The normalized spacial score (nSPS) is 10.6. The Kier molecular flexibility index (Phi) is 7.39. The van der Waals surface area contributed by atoms with Crippen molar-refractivity contribution in [3.05, 3.63) is 83.4 Å². The van der Waals surface area contributed by atoms with E-state index in [1.54, 1.807) is 7.11 Å². The molecule has 3 rings (SSSR count). The molecule has 150 valence electrons. The van der Waals surface area contributed by atoms with Gasteiger partial charge in [-0.2, -0.15) is 0 Å². The number of hydrogen-bond donors (Lipinski definition) is 3. The molecule has 0 spiro atoms. The molecule has 4 N–H and O–H groups in total. The lowest BCUT2D eigenvalue weighted by Crippen LogP contribution is -2.21. The number of ether oxygens (including phenoxy) is 2. The predicted molar refractivity (Wildman–Crippen MR) is 118 cm³/mol. The number of nitrogens with one attached hydrogen (secondary N) is 2. The standard InChI is InChI=1S/C24H27N3O2/c1-28-23-14-20(16-26)13-22(21-5-3-2-4-6-21)24(23)29-12-11-27-17-19-9-7-18(15-25)8-10-19/h2-10,13-14,16,26-27H,11-12,15,17,25H2,1H3. The van der Waals surface area contributed by atoms with Gasteiger partial charge >= 0.3 is 0 Å². The molecule has 3 aromatic rings. The minimum Gasteiger partial charge on any atom is -0.493 e. The van der Waals surface area contributed by atoms with Gasteiger partial charge in [0.15, 0.2) is 11.5 Å². The molecule has 0 aliphatic rings. The Morgan fingerprint density at radius 2 is 1.72 bits per heavy atom. The molecule has 0 fully saturated rings. The van der Waals surface area contributed by atoms with E-state index in [-0.39, 0.29) is 0 Å². The Morgan fingerprint density at radius 3 is 2.38 bits per heavy atom. The van der Waals surface area contributed by atoms with Crippen LogP contribution in [0.2, 0.25) is 0 Å². The maximum absolute atomic E-state index is 7.61. The Hall–Kier alpha value is -3.15. The zero-order valence-corrected chi connectivity index (χ0v) is 16.7. The van der Waals surface area contributed by atoms with Gasteiger partial charge in [0.1, 0.15) is 6.61 Å². The summed E-state index contributed by atoms with van der Waals surface area (Å²) in [6, 6.07) is 22.0. The summed E-state index contributed by atoms with van der Waals surface area (Å²) in [5.41, 5.74) is 10.7. The minimum atomic E-state index is 0.501. The lowest BCUT2D eigenvalue weighted by Gasteiger charge is -2.17. The molecule has 0 aliphatic heterocycles. The van der Waals surface area contributed by atoms with Gasteiger partial charge in [0.2, 0.25) is 0 Å². The van der Waals surface area contributed by atoms with Gasteiger partial charge in [-0.05, 0) is 34.4 Å². The van der Waals surface area contributed by atoms with Gasteiger partial charge in [0.05, 0.1) is 7.11 Å². The molecule has 0 atom stereocenters. The van der Waals surface area contributed by atoms with E-state index < -0.39 is 0 Å². The molecular formula is C24H27N3O2. The third-order valence-corrected chi connectivity index (χ3v) is 4.66. The molecule has 29 heavy (non-hydrogen) atoms. The second-order valence-corrected chi connectivity index (χ2v) is 6.66. The third kappa shape index (κ3) is 5.44. The molecule has 0 saturated heterocycles. The highest BCUT2D eigenvalue weighted by molar-refractivity contribution is 5.85. The molecule has 0 amide bonds. The van der Waals surface area contributed by atoms with Crippen molar-refractivity contribution < 1.29 is 9.47 Å². The summed E-state index contributed by atoms with van der Waals surface area (Å²) in [7, 11) is 1.62. The van der Waals surface area contributed by atoms with Crippen LogP contribution in [0.5, 0.6) is 11.5 Å². The van der Waals surface area contributed by atoms with Crippen LogP contribution in [0.4, 0.5) is 0 Å². The molecular weight excluding hydrogens is 362 g/mol. The van der Waals surface area contributed by atoms with Crippen LogP contribution < -0.4 is 20.5 Å². The molecule has 3 aromatic carbocycles. The van der Waals surface area contributed by atoms with Crippen molar-refractivity contribution in [3.8, 4) is 22.6 Å². The van der Waals surface area contributed by atoms with E-state index in [4.69, 9.17) is 20.6 Å². The quantitative estimate of drug-likeness (QED) is 0.362. The average Bonchev–Trinajstić information content (AvgIpc) is 2.79. The van der Waals surface area contributed by atoms with Gasteiger partial charge in [-0.25, -0.2) is 0 Å². The van der Waals surface area contributed by atoms with Crippen LogP contribution in [0.1, 0.15) is 16.7 Å². The fourth-order valence-electron chi connectivity index (χ4n) is 3.09. The smallest absolute Gasteiger partial charge is 0.169 e. The largest absolute Gasteiger partial charge is 0.493 e. The van der Waals surface area contributed by atoms with E-state index in [9.17, 15) is 0 Å². The zero-order valence-electron chi connectivity index (χ0n) is 16.7. The molecule has 0 bridgehead atoms. The number of benzene rings is 3. The van der Waals surface area contributed by atoms with E-state index >= 15 is 0 Å². The fourth-order valence-corrected chi connectivity index (χ4v) is 3.09. The summed E-state index contributed by atoms with van der Waals surface area (Å²) in [4.78, 5) is 0. The number of rotatable bonds is 10. The van der Waals surface area contributed by atoms with Crippen LogP contribution in [-0.4, -0.2) is 26.5 Å². The predicted octanol–water partition coefficient (Wildman–Crippen LogP) is 3.99. The summed E-state index contributed by atoms with van der Waals surface area (Å²) >= 11 is 0. The Balaban J connectivity index is 1.66. The first-order chi connectivity index (χ1) is 14.2. The van der Waals surface area contributed by atoms with Crippen LogP contribution in [0.25, 0.3) is 11.1 Å². The highest BCUT2D eigenvalue weighted by atomic mass is 16.5. The Labute approximate surface area is 172 Å². The lowest BCUT2D eigenvalue weighted by atomic mass is 10.0. The summed E-state index contributed by atoms with van der Waals surface area (Å²) < 4.78 is 11.6. The van der Waals surface area contributed by atoms with E-state index in [1.807, 2.05) is 42.5 Å². The molecule has 0 aromatic heterocycles. The van der Waals surface area contributed by atoms with E-state index in [2.05, 4.69) is 29.6 Å². The van der Waals surface area contributed by atoms with Crippen molar-refractivity contribution in [3.63, 3.8) is 0 Å². The highest BCUT2D eigenvalue weighted by Crippen LogP contribution is 2.39. The summed E-state index contributed by atoms with van der Waals surface area (Å²) in [6.07, 6.45) is 1.32. The summed E-state index contributed by atoms with van der Waals surface area (Å²) in [5, 5.41) is 11.0. The monoisotopic (exact) mass is 389 g/mol. The Bertz CT molecular complexity index is 925. The van der Waals surface area contributed by atoms with Crippen LogP contribution in [0, 0.1) is 5.41 Å². The Morgan fingerprint density at radius 1 is 1.00 bits per heavy atom. The van der Waals surface area contributed by atoms with E-state index in [0.717, 1.165) is 28.8 Å². The molecule has 0 heterocycles. The van der Waals surface area contributed by atoms with Crippen molar-refractivity contribution in [1.82, 2.24) is 5.32 Å². The topological polar surface area (TPSA) is 80.4 Å². The van der Waals surface area contributed by atoms with E-state index in [0.29, 0.717) is 31.2 Å². The minimum absolute atomic E-state index is 0.501. The first-order valence-electron chi connectivity index (χ1n) is 9.64. The fraction of sp³-hybridized carbons (Fsp3) is 0.208. The summed E-state index contributed by atoms with van der Waals surface area (Å²) in [5.74, 6) is 1.32. The van der Waals surface area contributed by atoms with E-state index in [1.165, 1.54) is 11.8 Å². The summed E-state index contributed by atoms with van der Waals surface area (Å²) in [6.45, 7) is 2.52. The number of hydrogen-bond acceptors (Lipinski definition) is 5. The second-order valence-electron chi connectivity index (χ2n) is 6.66. The molecule has 0 aliphatic carbocycles.